The molecule has 0 aliphatic carbocycles. The molecular weight excluding hydrogens is 418 g/mol. The van der Waals surface area contributed by atoms with Crippen molar-refractivity contribution in [3.8, 4) is 22.8 Å². The van der Waals surface area contributed by atoms with E-state index in [1.807, 2.05) is 24.3 Å². The van der Waals surface area contributed by atoms with Gasteiger partial charge in [0.1, 0.15) is 0 Å². The van der Waals surface area contributed by atoms with Crippen LogP contribution >= 0.6 is 0 Å². The highest BCUT2D eigenvalue weighted by molar-refractivity contribution is 6.00. The number of amides is 1. The van der Waals surface area contributed by atoms with Crippen molar-refractivity contribution in [1.29, 1.82) is 0 Å². The van der Waals surface area contributed by atoms with Crippen molar-refractivity contribution in [2.75, 3.05) is 37.9 Å². The maximum atomic E-state index is 12.5. The molecule has 2 aliphatic heterocycles. The largest absolute Gasteiger partial charge is 0.493 e. The molecule has 3 aromatic rings. The lowest BCUT2D eigenvalue weighted by atomic mass is 10.0. The molecule has 0 bridgehead atoms. The Labute approximate surface area is 193 Å². The number of nitrogens with zero attached hydrogens (tertiary/aromatic N) is 3. The summed E-state index contributed by atoms with van der Waals surface area (Å²) < 4.78 is 10.7. The van der Waals surface area contributed by atoms with Crippen LogP contribution in [0.2, 0.25) is 0 Å². The summed E-state index contributed by atoms with van der Waals surface area (Å²) in [5, 5.41) is 6.26. The van der Waals surface area contributed by atoms with E-state index in [2.05, 4.69) is 32.7 Å². The number of anilines is 3. The predicted octanol–water partition coefficient (Wildman–Crippen LogP) is 3.99. The SMILES string of the molecule is COc1ccc(Nc2ncc3c(n2)-c2cc(CN4CCCC4)ccc2NC(=O)C3)cc1OC. The fourth-order valence-corrected chi connectivity index (χ4v) is 4.43. The second-order valence-corrected chi connectivity index (χ2v) is 8.35. The van der Waals surface area contributed by atoms with Crippen LogP contribution in [0.3, 0.4) is 0 Å². The van der Waals surface area contributed by atoms with Crippen molar-refractivity contribution in [3.05, 3.63) is 53.7 Å². The molecule has 1 saturated heterocycles. The normalized spacial score (nSPS) is 15.3. The van der Waals surface area contributed by atoms with Gasteiger partial charge in [0.25, 0.3) is 0 Å². The van der Waals surface area contributed by atoms with Gasteiger partial charge in [-0.25, -0.2) is 9.97 Å². The summed E-state index contributed by atoms with van der Waals surface area (Å²) in [5.41, 5.74) is 5.27. The number of carbonyl (C=O) groups excluding carboxylic acids is 1. The fraction of sp³-hybridized carbons (Fsp3) is 0.320. The number of methoxy groups -OCH3 is 2. The molecule has 2 aliphatic rings. The summed E-state index contributed by atoms with van der Waals surface area (Å²) in [4.78, 5) is 24.2. The number of aromatic nitrogens is 2. The zero-order chi connectivity index (χ0) is 22.8. The van der Waals surface area contributed by atoms with Crippen LogP contribution in [0.4, 0.5) is 17.3 Å². The molecule has 170 valence electrons. The van der Waals surface area contributed by atoms with Gasteiger partial charge in [-0.3, -0.25) is 9.69 Å². The number of hydrogen-bond acceptors (Lipinski definition) is 7. The smallest absolute Gasteiger partial charge is 0.228 e. The van der Waals surface area contributed by atoms with E-state index < -0.39 is 0 Å². The molecule has 1 fully saturated rings. The summed E-state index contributed by atoms with van der Waals surface area (Å²) in [6, 6.07) is 11.8. The summed E-state index contributed by atoms with van der Waals surface area (Å²) in [6.07, 6.45) is 4.47. The Morgan fingerprint density at radius 1 is 1.06 bits per heavy atom. The molecule has 0 atom stereocenters. The highest BCUT2D eigenvalue weighted by Gasteiger charge is 2.22. The average Bonchev–Trinajstić information content (AvgIpc) is 3.29. The molecule has 2 aromatic carbocycles. The molecule has 2 N–H and O–H groups in total. The second-order valence-electron chi connectivity index (χ2n) is 8.35. The maximum absolute atomic E-state index is 12.5. The van der Waals surface area contributed by atoms with E-state index in [9.17, 15) is 4.79 Å². The summed E-state index contributed by atoms with van der Waals surface area (Å²) >= 11 is 0. The number of fused-ring (bicyclic) bond motifs is 3. The highest BCUT2D eigenvalue weighted by atomic mass is 16.5. The Hall–Kier alpha value is -3.65. The van der Waals surface area contributed by atoms with Gasteiger partial charge in [0.05, 0.1) is 32.0 Å². The van der Waals surface area contributed by atoms with Gasteiger partial charge in [-0.1, -0.05) is 6.07 Å². The average molecular weight is 446 g/mol. The van der Waals surface area contributed by atoms with Crippen LogP contribution in [-0.2, 0) is 17.8 Å². The topological polar surface area (TPSA) is 88.6 Å². The number of carbonyl (C=O) groups is 1. The van der Waals surface area contributed by atoms with E-state index >= 15 is 0 Å². The van der Waals surface area contributed by atoms with E-state index in [0.717, 1.165) is 47.8 Å². The second kappa shape index (κ2) is 9.07. The van der Waals surface area contributed by atoms with E-state index in [4.69, 9.17) is 14.5 Å². The third-order valence-electron chi connectivity index (χ3n) is 6.07. The summed E-state index contributed by atoms with van der Waals surface area (Å²) in [6.45, 7) is 3.16. The summed E-state index contributed by atoms with van der Waals surface area (Å²) in [5.74, 6) is 1.65. The van der Waals surface area contributed by atoms with Crippen molar-refractivity contribution in [2.24, 2.45) is 0 Å². The minimum absolute atomic E-state index is 0.0634. The number of benzene rings is 2. The molecule has 0 unspecified atom stereocenters. The first-order valence-electron chi connectivity index (χ1n) is 11.1. The molecule has 33 heavy (non-hydrogen) atoms. The van der Waals surface area contributed by atoms with E-state index in [0.29, 0.717) is 17.4 Å². The van der Waals surface area contributed by atoms with Crippen molar-refractivity contribution in [1.82, 2.24) is 14.9 Å². The Morgan fingerprint density at radius 3 is 2.67 bits per heavy atom. The van der Waals surface area contributed by atoms with Gasteiger partial charge in [-0.2, -0.15) is 0 Å². The summed E-state index contributed by atoms with van der Waals surface area (Å²) in [7, 11) is 3.20. The molecule has 0 spiro atoms. The monoisotopic (exact) mass is 445 g/mol. The lowest BCUT2D eigenvalue weighted by Crippen LogP contribution is -2.18. The number of likely N-dealkylation sites (tertiary alicyclic amines) is 1. The van der Waals surface area contributed by atoms with Gasteiger partial charge in [0.2, 0.25) is 11.9 Å². The lowest BCUT2D eigenvalue weighted by Gasteiger charge is -2.17. The Morgan fingerprint density at radius 2 is 1.88 bits per heavy atom. The van der Waals surface area contributed by atoms with Crippen LogP contribution in [0.5, 0.6) is 11.5 Å². The number of nitrogens with one attached hydrogen (secondary N) is 2. The minimum atomic E-state index is -0.0634. The van der Waals surface area contributed by atoms with E-state index in [1.54, 1.807) is 20.4 Å². The van der Waals surface area contributed by atoms with Crippen LogP contribution in [0.25, 0.3) is 11.3 Å². The van der Waals surface area contributed by atoms with Gasteiger partial charge < -0.3 is 20.1 Å². The van der Waals surface area contributed by atoms with E-state index in [-0.39, 0.29) is 12.3 Å². The van der Waals surface area contributed by atoms with Crippen LogP contribution in [0, 0.1) is 0 Å². The van der Waals surface area contributed by atoms with E-state index in [1.165, 1.54) is 18.4 Å². The third-order valence-corrected chi connectivity index (χ3v) is 6.07. The predicted molar refractivity (Wildman–Crippen MR) is 127 cm³/mol. The molecule has 3 heterocycles. The van der Waals surface area contributed by atoms with Crippen molar-refractivity contribution >= 4 is 23.2 Å². The van der Waals surface area contributed by atoms with Crippen LogP contribution in [0.1, 0.15) is 24.0 Å². The van der Waals surface area contributed by atoms with Crippen molar-refractivity contribution < 1.29 is 14.3 Å². The highest BCUT2D eigenvalue weighted by Crippen LogP contribution is 2.35. The Bertz CT molecular complexity index is 1190. The third kappa shape index (κ3) is 4.47. The quantitative estimate of drug-likeness (QED) is 0.593. The van der Waals surface area contributed by atoms with Crippen molar-refractivity contribution in [3.63, 3.8) is 0 Å². The Balaban J connectivity index is 1.49. The van der Waals surface area contributed by atoms with Crippen LogP contribution in [-0.4, -0.2) is 48.1 Å². The molecule has 0 radical (unpaired) electrons. The van der Waals surface area contributed by atoms with Gasteiger partial charge in [0.15, 0.2) is 11.5 Å². The van der Waals surface area contributed by atoms with Gasteiger partial charge in [0, 0.05) is 35.6 Å². The first-order valence-corrected chi connectivity index (χ1v) is 11.1. The first-order chi connectivity index (χ1) is 16.1. The number of hydrogen-bond donors (Lipinski definition) is 2. The molecule has 1 aromatic heterocycles. The van der Waals surface area contributed by atoms with Crippen LogP contribution < -0.4 is 20.1 Å². The van der Waals surface area contributed by atoms with Gasteiger partial charge >= 0.3 is 0 Å². The molecular formula is C25H27N5O3. The standard InChI is InChI=1S/C25H27N5O3/c1-32-21-8-6-18(13-22(21)33-2)27-25-26-14-17-12-23(31)28-20-7-5-16(11-19(20)24(17)29-25)15-30-9-3-4-10-30/h5-8,11,13-14H,3-4,9-10,12,15H2,1-2H3,(H,28,31)(H,26,27,29). The number of ether oxygens (including phenoxy) is 2. The number of rotatable bonds is 6. The van der Waals surface area contributed by atoms with Crippen molar-refractivity contribution in [2.45, 2.75) is 25.8 Å². The lowest BCUT2D eigenvalue weighted by molar-refractivity contribution is -0.115. The molecule has 1 amide bonds. The molecule has 8 nitrogen and oxygen atoms in total. The first kappa shape index (κ1) is 21.2. The fourth-order valence-electron chi connectivity index (χ4n) is 4.43. The van der Waals surface area contributed by atoms with Gasteiger partial charge in [-0.15, -0.1) is 0 Å². The molecule has 8 heteroatoms. The Kier molecular flexibility index (Phi) is 5.83. The molecule has 5 rings (SSSR count). The van der Waals surface area contributed by atoms with Crippen LogP contribution in [0.15, 0.2) is 42.6 Å². The van der Waals surface area contributed by atoms with Gasteiger partial charge in [-0.05, 0) is 55.8 Å². The minimum Gasteiger partial charge on any atom is -0.493 e. The maximum Gasteiger partial charge on any atom is 0.228 e. The molecule has 0 saturated carbocycles. The zero-order valence-corrected chi connectivity index (χ0v) is 18.9. The zero-order valence-electron chi connectivity index (χ0n) is 18.9.